The van der Waals surface area contributed by atoms with Crippen molar-refractivity contribution in [1.82, 2.24) is 10.6 Å². The van der Waals surface area contributed by atoms with Gasteiger partial charge >= 0.3 is 0 Å². The van der Waals surface area contributed by atoms with Crippen molar-refractivity contribution in [2.75, 3.05) is 19.6 Å². The van der Waals surface area contributed by atoms with E-state index < -0.39 is 0 Å². The van der Waals surface area contributed by atoms with Gasteiger partial charge in [0.15, 0.2) is 0 Å². The fourth-order valence-electron chi connectivity index (χ4n) is 1.24. The molecule has 0 saturated heterocycles. The molecule has 0 spiro atoms. The van der Waals surface area contributed by atoms with Gasteiger partial charge in [-0.25, -0.2) is 0 Å². The van der Waals surface area contributed by atoms with Gasteiger partial charge in [-0.15, -0.1) is 0 Å². The van der Waals surface area contributed by atoms with Crippen LogP contribution in [-0.2, 0) is 6.42 Å². The van der Waals surface area contributed by atoms with Crippen LogP contribution in [0.15, 0.2) is 22.8 Å². The fraction of sp³-hybridized carbons (Fsp3) is 0.636. The lowest BCUT2D eigenvalue weighted by molar-refractivity contribution is 0.493. The van der Waals surface area contributed by atoms with Gasteiger partial charge < -0.3 is 15.1 Å². The van der Waals surface area contributed by atoms with E-state index >= 15 is 0 Å². The first-order chi connectivity index (χ1) is 6.79. The summed E-state index contributed by atoms with van der Waals surface area (Å²) in [6.45, 7) is 7.33. The first kappa shape index (κ1) is 11.3. The molecule has 1 aromatic heterocycles. The Labute approximate surface area is 85.9 Å². The van der Waals surface area contributed by atoms with Crippen molar-refractivity contribution in [2.24, 2.45) is 0 Å². The molecule has 0 unspecified atom stereocenters. The van der Waals surface area contributed by atoms with Crippen LogP contribution in [0.3, 0.4) is 0 Å². The molecule has 0 aliphatic carbocycles. The van der Waals surface area contributed by atoms with Gasteiger partial charge in [-0.2, -0.15) is 0 Å². The predicted octanol–water partition coefficient (Wildman–Crippen LogP) is 1.41. The number of hydrogen-bond donors (Lipinski definition) is 2. The van der Waals surface area contributed by atoms with E-state index in [2.05, 4.69) is 24.5 Å². The fourth-order valence-corrected chi connectivity index (χ4v) is 1.24. The van der Waals surface area contributed by atoms with Crippen molar-refractivity contribution in [2.45, 2.75) is 26.3 Å². The van der Waals surface area contributed by atoms with Crippen LogP contribution in [-0.4, -0.2) is 25.7 Å². The van der Waals surface area contributed by atoms with Gasteiger partial charge in [-0.1, -0.05) is 13.8 Å². The van der Waals surface area contributed by atoms with Crippen LogP contribution in [0.2, 0.25) is 0 Å². The van der Waals surface area contributed by atoms with Crippen molar-refractivity contribution in [3.8, 4) is 0 Å². The van der Waals surface area contributed by atoms with Gasteiger partial charge in [0.2, 0.25) is 0 Å². The van der Waals surface area contributed by atoms with Gasteiger partial charge in [-0.3, -0.25) is 0 Å². The second-order valence-electron chi connectivity index (χ2n) is 3.69. The first-order valence-corrected chi connectivity index (χ1v) is 5.25. The molecule has 0 aromatic carbocycles. The molecule has 0 aliphatic heterocycles. The Morgan fingerprint density at radius 3 is 2.79 bits per heavy atom. The second kappa shape index (κ2) is 6.62. The van der Waals surface area contributed by atoms with Crippen LogP contribution in [0.5, 0.6) is 0 Å². The van der Waals surface area contributed by atoms with Crippen molar-refractivity contribution < 1.29 is 4.42 Å². The van der Waals surface area contributed by atoms with Crippen LogP contribution >= 0.6 is 0 Å². The molecule has 3 heteroatoms. The van der Waals surface area contributed by atoms with Gasteiger partial charge in [-0.05, 0) is 12.1 Å². The highest BCUT2D eigenvalue weighted by Gasteiger charge is 1.95. The molecular formula is C11H20N2O. The Balaban J connectivity index is 1.90. The van der Waals surface area contributed by atoms with E-state index in [0.717, 1.165) is 31.8 Å². The molecule has 1 heterocycles. The first-order valence-electron chi connectivity index (χ1n) is 5.25. The molecular weight excluding hydrogens is 176 g/mol. The third-order valence-electron chi connectivity index (χ3n) is 1.98. The molecule has 0 atom stereocenters. The van der Waals surface area contributed by atoms with Crippen LogP contribution in [0.25, 0.3) is 0 Å². The summed E-state index contributed by atoms with van der Waals surface area (Å²) >= 11 is 0. The maximum absolute atomic E-state index is 5.22. The summed E-state index contributed by atoms with van der Waals surface area (Å²) in [6.07, 6.45) is 2.68. The zero-order chi connectivity index (χ0) is 10.2. The zero-order valence-electron chi connectivity index (χ0n) is 9.05. The summed E-state index contributed by atoms with van der Waals surface area (Å²) in [5, 5.41) is 6.71. The minimum Gasteiger partial charge on any atom is -0.469 e. The van der Waals surface area contributed by atoms with Crippen LogP contribution in [0.1, 0.15) is 19.6 Å². The maximum atomic E-state index is 5.22. The molecule has 80 valence electrons. The second-order valence-corrected chi connectivity index (χ2v) is 3.69. The van der Waals surface area contributed by atoms with E-state index in [4.69, 9.17) is 4.42 Å². The van der Waals surface area contributed by atoms with E-state index in [0.29, 0.717) is 6.04 Å². The number of rotatable bonds is 7. The van der Waals surface area contributed by atoms with Gasteiger partial charge in [0.05, 0.1) is 6.26 Å². The van der Waals surface area contributed by atoms with Crippen LogP contribution in [0.4, 0.5) is 0 Å². The highest BCUT2D eigenvalue weighted by Crippen LogP contribution is 1.98. The predicted molar refractivity (Wildman–Crippen MR) is 58.4 cm³/mol. The molecule has 3 nitrogen and oxygen atoms in total. The van der Waals surface area contributed by atoms with Crippen molar-refractivity contribution >= 4 is 0 Å². The zero-order valence-corrected chi connectivity index (χ0v) is 9.05. The van der Waals surface area contributed by atoms with Crippen molar-refractivity contribution in [3.63, 3.8) is 0 Å². The number of nitrogens with one attached hydrogen (secondary N) is 2. The summed E-state index contributed by atoms with van der Waals surface area (Å²) in [5.41, 5.74) is 0. The lowest BCUT2D eigenvalue weighted by Crippen LogP contribution is -2.32. The summed E-state index contributed by atoms with van der Waals surface area (Å²) in [4.78, 5) is 0. The summed E-state index contributed by atoms with van der Waals surface area (Å²) in [7, 11) is 0. The van der Waals surface area contributed by atoms with Gasteiger partial charge in [0, 0.05) is 32.1 Å². The van der Waals surface area contributed by atoms with Gasteiger partial charge in [0.1, 0.15) is 5.76 Å². The molecule has 0 saturated carbocycles. The highest BCUT2D eigenvalue weighted by molar-refractivity contribution is 4.98. The maximum Gasteiger partial charge on any atom is 0.105 e. The van der Waals surface area contributed by atoms with Crippen LogP contribution in [0, 0.1) is 0 Å². The quantitative estimate of drug-likeness (QED) is 0.647. The lowest BCUT2D eigenvalue weighted by atomic mass is 10.3. The third-order valence-corrected chi connectivity index (χ3v) is 1.98. The Morgan fingerprint density at radius 2 is 2.14 bits per heavy atom. The largest absolute Gasteiger partial charge is 0.469 e. The monoisotopic (exact) mass is 196 g/mol. The smallest absolute Gasteiger partial charge is 0.105 e. The highest BCUT2D eigenvalue weighted by atomic mass is 16.3. The topological polar surface area (TPSA) is 37.2 Å². The van der Waals surface area contributed by atoms with Crippen molar-refractivity contribution in [3.05, 3.63) is 24.2 Å². The Hall–Kier alpha value is -0.800. The normalized spacial score (nSPS) is 11.1. The molecule has 0 fully saturated rings. The van der Waals surface area contributed by atoms with E-state index in [1.807, 2.05) is 12.1 Å². The summed E-state index contributed by atoms with van der Waals surface area (Å²) in [5.74, 6) is 1.05. The third kappa shape index (κ3) is 5.04. The summed E-state index contributed by atoms with van der Waals surface area (Å²) < 4.78 is 5.22. The van der Waals surface area contributed by atoms with E-state index in [1.165, 1.54) is 0 Å². The molecule has 2 N–H and O–H groups in total. The van der Waals surface area contributed by atoms with Gasteiger partial charge in [0.25, 0.3) is 0 Å². The average Bonchev–Trinajstić information content (AvgIpc) is 2.63. The SMILES string of the molecule is CC(C)NCCNCCc1ccco1. The minimum atomic E-state index is 0.571. The van der Waals surface area contributed by atoms with E-state index in [-0.39, 0.29) is 0 Å². The average molecular weight is 196 g/mol. The van der Waals surface area contributed by atoms with E-state index in [1.54, 1.807) is 6.26 Å². The van der Waals surface area contributed by atoms with E-state index in [9.17, 15) is 0 Å². The summed E-state index contributed by atoms with van der Waals surface area (Å²) in [6, 6.07) is 4.51. The molecule has 0 amide bonds. The minimum absolute atomic E-state index is 0.571. The molecule has 0 bridgehead atoms. The standard InChI is InChI=1S/C11H20N2O/c1-10(2)13-8-7-12-6-5-11-4-3-9-14-11/h3-4,9-10,12-13H,5-8H2,1-2H3. The Bertz CT molecular complexity index is 219. The number of furan rings is 1. The molecule has 0 radical (unpaired) electrons. The lowest BCUT2D eigenvalue weighted by Gasteiger charge is -2.08. The molecule has 14 heavy (non-hydrogen) atoms. The molecule has 1 aromatic rings. The van der Waals surface area contributed by atoms with Crippen molar-refractivity contribution in [1.29, 1.82) is 0 Å². The Morgan fingerprint density at radius 1 is 1.29 bits per heavy atom. The molecule has 1 rings (SSSR count). The molecule has 0 aliphatic rings. The Kier molecular flexibility index (Phi) is 5.33. The number of hydrogen-bond acceptors (Lipinski definition) is 3. The van der Waals surface area contributed by atoms with Crippen LogP contribution < -0.4 is 10.6 Å².